The van der Waals surface area contributed by atoms with Gasteiger partial charge in [-0.2, -0.15) is 0 Å². The van der Waals surface area contributed by atoms with Gasteiger partial charge in [-0.25, -0.2) is 4.98 Å². The third-order valence-corrected chi connectivity index (χ3v) is 3.92. The van der Waals surface area contributed by atoms with Crippen LogP contribution < -0.4 is 5.32 Å². The first kappa shape index (κ1) is 15.4. The molecule has 2 rings (SSSR count). The fourth-order valence-corrected chi connectivity index (χ4v) is 2.61. The smallest absolute Gasteiger partial charge is 0.317 e. The summed E-state index contributed by atoms with van der Waals surface area (Å²) in [5, 5.41) is 5.94. The Labute approximate surface area is 128 Å². The van der Waals surface area contributed by atoms with Crippen LogP contribution in [0.1, 0.15) is 32.0 Å². The molecule has 0 aliphatic carbocycles. The molecular weight excluding hydrogens is 286 g/mol. The number of hydrogen-bond acceptors (Lipinski definition) is 6. The van der Waals surface area contributed by atoms with E-state index in [4.69, 9.17) is 4.74 Å². The molecule has 21 heavy (non-hydrogen) atoms. The van der Waals surface area contributed by atoms with Gasteiger partial charge in [0.25, 0.3) is 0 Å². The molecule has 2 aromatic heterocycles. The zero-order valence-electron chi connectivity index (χ0n) is 12.4. The predicted molar refractivity (Wildman–Crippen MR) is 83.3 cm³/mol. The molecule has 0 radical (unpaired) electrons. The first-order valence-electron chi connectivity index (χ1n) is 6.80. The average molecular weight is 305 g/mol. The summed E-state index contributed by atoms with van der Waals surface area (Å²) in [5.74, 6) is -0.254. The Hall–Kier alpha value is -1.95. The second kappa shape index (κ2) is 6.67. The van der Waals surface area contributed by atoms with E-state index < -0.39 is 5.41 Å². The predicted octanol–water partition coefficient (Wildman–Crippen LogP) is 2.99. The Bertz CT molecular complexity index is 596. The third kappa shape index (κ3) is 3.78. The second-order valence-corrected chi connectivity index (χ2v) is 5.95. The summed E-state index contributed by atoms with van der Waals surface area (Å²) >= 11 is 1.49. The van der Waals surface area contributed by atoms with Crippen LogP contribution in [0.4, 0.5) is 5.13 Å². The van der Waals surface area contributed by atoms with Gasteiger partial charge in [0.05, 0.1) is 12.3 Å². The van der Waals surface area contributed by atoms with Gasteiger partial charge in [0.2, 0.25) is 0 Å². The van der Waals surface area contributed by atoms with Crippen molar-refractivity contribution in [1.82, 2.24) is 9.97 Å². The van der Waals surface area contributed by atoms with Gasteiger partial charge in [0.1, 0.15) is 5.41 Å². The molecular formula is C15H19N3O2S. The summed E-state index contributed by atoms with van der Waals surface area (Å²) in [7, 11) is 0. The van der Waals surface area contributed by atoms with Crippen molar-refractivity contribution in [3.8, 4) is 0 Å². The third-order valence-electron chi connectivity index (χ3n) is 3.12. The Balaban J connectivity index is 2.02. The highest BCUT2D eigenvalue weighted by Gasteiger charge is 2.33. The molecule has 0 amide bonds. The van der Waals surface area contributed by atoms with Crippen LogP contribution in [-0.4, -0.2) is 22.5 Å². The number of hydrogen-bond donors (Lipinski definition) is 1. The van der Waals surface area contributed by atoms with E-state index in [1.54, 1.807) is 19.3 Å². The maximum Gasteiger partial charge on any atom is 0.317 e. The van der Waals surface area contributed by atoms with E-state index in [1.165, 1.54) is 11.3 Å². The number of rotatable bonds is 6. The lowest BCUT2D eigenvalue weighted by molar-refractivity contribution is -0.148. The van der Waals surface area contributed by atoms with E-state index in [0.29, 0.717) is 13.2 Å². The van der Waals surface area contributed by atoms with Crippen LogP contribution in [0.15, 0.2) is 29.9 Å². The van der Waals surface area contributed by atoms with Crippen LogP contribution in [0.2, 0.25) is 0 Å². The normalized spacial score (nSPS) is 11.2. The number of nitrogens with zero attached hydrogens (tertiary/aromatic N) is 2. The minimum Gasteiger partial charge on any atom is -0.465 e. The van der Waals surface area contributed by atoms with Gasteiger partial charge in [-0.1, -0.05) is 0 Å². The lowest BCUT2D eigenvalue weighted by atomic mass is 9.90. The monoisotopic (exact) mass is 305 g/mol. The van der Waals surface area contributed by atoms with E-state index >= 15 is 0 Å². The fourth-order valence-electron chi connectivity index (χ4n) is 1.74. The van der Waals surface area contributed by atoms with Crippen LogP contribution in [-0.2, 0) is 21.5 Å². The van der Waals surface area contributed by atoms with E-state index in [1.807, 2.05) is 31.4 Å². The van der Waals surface area contributed by atoms with Crippen LogP contribution in [0.3, 0.4) is 0 Å². The van der Waals surface area contributed by atoms with Crippen molar-refractivity contribution in [2.45, 2.75) is 32.7 Å². The van der Waals surface area contributed by atoms with Crippen molar-refractivity contribution < 1.29 is 9.53 Å². The van der Waals surface area contributed by atoms with Crippen LogP contribution in [0.25, 0.3) is 0 Å². The lowest BCUT2D eigenvalue weighted by Crippen LogP contribution is -2.31. The number of carbonyl (C=O) groups is 1. The maximum absolute atomic E-state index is 12.0. The van der Waals surface area contributed by atoms with Gasteiger partial charge in [0, 0.05) is 24.3 Å². The minimum absolute atomic E-state index is 0.254. The Morgan fingerprint density at radius 1 is 1.38 bits per heavy atom. The summed E-state index contributed by atoms with van der Waals surface area (Å²) in [6.45, 7) is 6.50. The van der Waals surface area contributed by atoms with Gasteiger partial charge < -0.3 is 10.1 Å². The number of esters is 1. The summed E-state index contributed by atoms with van der Waals surface area (Å²) in [4.78, 5) is 20.4. The van der Waals surface area contributed by atoms with Gasteiger partial charge in [-0.15, -0.1) is 11.3 Å². The number of aromatic nitrogens is 2. The molecule has 0 aromatic carbocycles. The van der Waals surface area contributed by atoms with E-state index in [2.05, 4.69) is 15.3 Å². The van der Waals surface area contributed by atoms with Crippen molar-refractivity contribution >= 4 is 22.4 Å². The molecule has 0 atom stereocenters. The molecule has 1 N–H and O–H groups in total. The van der Waals surface area contributed by atoms with E-state index in [9.17, 15) is 4.79 Å². The molecule has 0 unspecified atom stereocenters. The van der Waals surface area contributed by atoms with E-state index in [-0.39, 0.29) is 5.97 Å². The number of ether oxygens (including phenoxy) is 1. The quantitative estimate of drug-likeness (QED) is 0.831. The van der Waals surface area contributed by atoms with Crippen molar-refractivity contribution in [3.05, 3.63) is 41.2 Å². The molecule has 5 nitrogen and oxygen atoms in total. The highest BCUT2D eigenvalue weighted by molar-refractivity contribution is 7.13. The van der Waals surface area contributed by atoms with Gasteiger partial charge in [-0.05, 0) is 38.5 Å². The minimum atomic E-state index is -0.733. The highest BCUT2D eigenvalue weighted by atomic mass is 32.1. The molecule has 0 aliphatic heterocycles. The molecule has 0 aliphatic rings. The lowest BCUT2D eigenvalue weighted by Gasteiger charge is -2.19. The fraction of sp³-hybridized carbons (Fsp3) is 0.400. The largest absolute Gasteiger partial charge is 0.465 e. The molecule has 2 aromatic rings. The van der Waals surface area contributed by atoms with Gasteiger partial charge >= 0.3 is 5.97 Å². The number of anilines is 1. The van der Waals surface area contributed by atoms with Gasteiger partial charge in [0.15, 0.2) is 5.13 Å². The molecule has 112 valence electrons. The van der Waals surface area contributed by atoms with Gasteiger partial charge in [-0.3, -0.25) is 9.78 Å². The number of pyridine rings is 1. The molecule has 0 bridgehead atoms. The van der Waals surface area contributed by atoms with Crippen LogP contribution >= 0.6 is 11.3 Å². The van der Waals surface area contributed by atoms with Crippen molar-refractivity contribution in [1.29, 1.82) is 0 Å². The van der Waals surface area contributed by atoms with Crippen molar-refractivity contribution in [2.75, 3.05) is 11.9 Å². The van der Waals surface area contributed by atoms with Crippen LogP contribution in [0.5, 0.6) is 0 Å². The molecule has 0 spiro atoms. The molecule has 0 saturated heterocycles. The molecule has 6 heteroatoms. The topological polar surface area (TPSA) is 64.1 Å². The zero-order chi connectivity index (χ0) is 15.3. The Kier molecular flexibility index (Phi) is 4.90. The first-order chi connectivity index (χ1) is 10.0. The first-order valence-corrected chi connectivity index (χ1v) is 7.68. The number of thiazole rings is 1. The van der Waals surface area contributed by atoms with E-state index in [0.717, 1.165) is 16.4 Å². The number of nitrogens with one attached hydrogen (secondary N) is 1. The molecule has 0 fully saturated rings. The average Bonchev–Trinajstić information content (AvgIpc) is 2.96. The van der Waals surface area contributed by atoms with Crippen molar-refractivity contribution in [3.63, 3.8) is 0 Å². The Morgan fingerprint density at radius 2 is 2.10 bits per heavy atom. The molecule has 0 saturated carbocycles. The SMILES string of the molecule is CCOC(=O)C(C)(C)c1csc(NCc2ccncc2)n1. The standard InChI is InChI=1S/C15H19N3O2S/c1-4-20-13(19)15(2,3)12-10-21-14(18-12)17-9-11-5-7-16-8-6-11/h5-8,10H,4,9H2,1-3H3,(H,17,18). The summed E-state index contributed by atoms with van der Waals surface area (Å²) in [5.41, 5.74) is 1.12. The Morgan fingerprint density at radius 3 is 2.76 bits per heavy atom. The maximum atomic E-state index is 12.0. The number of carbonyl (C=O) groups excluding carboxylic acids is 1. The zero-order valence-corrected chi connectivity index (χ0v) is 13.2. The molecule has 2 heterocycles. The summed E-state index contributed by atoms with van der Waals surface area (Å²) < 4.78 is 5.10. The van der Waals surface area contributed by atoms with Crippen LogP contribution in [0, 0.1) is 0 Å². The van der Waals surface area contributed by atoms with Crippen molar-refractivity contribution in [2.24, 2.45) is 0 Å². The highest BCUT2D eigenvalue weighted by Crippen LogP contribution is 2.28. The summed E-state index contributed by atoms with van der Waals surface area (Å²) in [6.07, 6.45) is 3.52. The summed E-state index contributed by atoms with van der Waals surface area (Å²) in [6, 6.07) is 3.90. The second-order valence-electron chi connectivity index (χ2n) is 5.09.